The number of sulfonamides is 1. The molecule has 0 aromatic heterocycles. The van der Waals surface area contributed by atoms with Crippen LogP contribution in [-0.4, -0.2) is 30.1 Å². The second-order valence-electron chi connectivity index (χ2n) is 9.29. The molecule has 4 aromatic carbocycles. The molecule has 5 nitrogen and oxygen atoms in total. The lowest BCUT2D eigenvalue weighted by molar-refractivity contribution is -0.132. The summed E-state index contributed by atoms with van der Waals surface area (Å²) in [6.45, 7) is 4.51. The third kappa shape index (κ3) is 7.15. The van der Waals surface area contributed by atoms with Crippen molar-refractivity contribution in [2.75, 3.05) is 6.54 Å². The molecule has 37 heavy (non-hydrogen) atoms. The predicted molar refractivity (Wildman–Crippen MR) is 147 cm³/mol. The normalized spacial score (nSPS) is 11.4. The summed E-state index contributed by atoms with van der Waals surface area (Å²) in [4.78, 5) is 15.7. The second kappa shape index (κ2) is 12.0. The number of hydrogen-bond donors (Lipinski definition) is 0. The third-order valence-corrected chi connectivity index (χ3v) is 8.04. The first-order chi connectivity index (χ1) is 17.8. The summed E-state index contributed by atoms with van der Waals surface area (Å²) in [6, 6.07) is 34.0. The van der Waals surface area contributed by atoms with Gasteiger partial charge in [0.1, 0.15) is 0 Å². The first-order valence-electron chi connectivity index (χ1n) is 12.3. The van der Waals surface area contributed by atoms with Crippen LogP contribution in [0.5, 0.6) is 0 Å². The Morgan fingerprint density at radius 3 is 1.51 bits per heavy atom. The molecule has 0 unspecified atom stereocenters. The molecule has 6 heteroatoms. The Hall–Kier alpha value is -3.74. The molecule has 0 bridgehead atoms. The van der Waals surface area contributed by atoms with Crippen LogP contribution in [0.1, 0.15) is 27.8 Å². The Labute approximate surface area is 220 Å². The molecule has 1 amide bonds. The van der Waals surface area contributed by atoms with Gasteiger partial charge in [0.15, 0.2) is 0 Å². The van der Waals surface area contributed by atoms with Gasteiger partial charge in [-0.3, -0.25) is 4.79 Å². The van der Waals surface area contributed by atoms with Crippen LogP contribution in [0.3, 0.4) is 0 Å². The highest BCUT2D eigenvalue weighted by molar-refractivity contribution is 7.89. The topological polar surface area (TPSA) is 57.7 Å². The molecule has 0 spiro atoms. The molecule has 0 fully saturated rings. The van der Waals surface area contributed by atoms with Gasteiger partial charge in [0, 0.05) is 19.6 Å². The fourth-order valence-electron chi connectivity index (χ4n) is 4.07. The number of nitrogens with zero attached hydrogens (tertiary/aromatic N) is 2. The van der Waals surface area contributed by atoms with E-state index in [4.69, 9.17) is 0 Å². The molecule has 0 aliphatic heterocycles. The van der Waals surface area contributed by atoms with Gasteiger partial charge >= 0.3 is 0 Å². The smallest absolute Gasteiger partial charge is 0.243 e. The predicted octanol–water partition coefficient (Wildman–Crippen LogP) is 5.72. The zero-order valence-corrected chi connectivity index (χ0v) is 22.1. The maximum absolute atomic E-state index is 13.8. The van der Waals surface area contributed by atoms with Crippen molar-refractivity contribution in [1.29, 1.82) is 0 Å². The largest absolute Gasteiger partial charge is 0.333 e. The van der Waals surface area contributed by atoms with Crippen molar-refractivity contribution in [3.05, 3.63) is 137 Å². The van der Waals surface area contributed by atoms with Crippen molar-refractivity contribution < 1.29 is 13.2 Å². The van der Waals surface area contributed by atoms with Gasteiger partial charge in [-0.15, -0.1) is 0 Å². The van der Waals surface area contributed by atoms with Crippen molar-refractivity contribution in [2.45, 2.75) is 38.4 Å². The summed E-state index contributed by atoms with van der Waals surface area (Å²) >= 11 is 0. The Kier molecular flexibility index (Phi) is 8.54. The van der Waals surface area contributed by atoms with E-state index in [1.165, 1.54) is 4.31 Å². The van der Waals surface area contributed by atoms with Crippen molar-refractivity contribution in [2.24, 2.45) is 0 Å². The maximum atomic E-state index is 13.8. The standard InChI is InChI=1S/C31H32N2O3S/c1-25-13-17-29(18-14-25)23-33(37(35,36)30-19-15-26(2)16-20-30)24-31(34)32(21-27-9-5-3-6-10-27)22-28-11-7-4-8-12-28/h3-20H,21-24H2,1-2H3. The zero-order chi connectivity index (χ0) is 26.3. The lowest BCUT2D eigenvalue weighted by Crippen LogP contribution is -2.42. The Balaban J connectivity index is 1.65. The van der Waals surface area contributed by atoms with Crippen LogP contribution in [0.25, 0.3) is 0 Å². The number of benzene rings is 4. The SMILES string of the molecule is Cc1ccc(CN(CC(=O)N(Cc2ccccc2)Cc2ccccc2)S(=O)(=O)c2ccc(C)cc2)cc1. The number of carbonyl (C=O) groups excluding carboxylic acids is 1. The van der Waals surface area contributed by atoms with E-state index in [9.17, 15) is 13.2 Å². The molecule has 0 radical (unpaired) electrons. The van der Waals surface area contributed by atoms with Gasteiger partial charge in [0.2, 0.25) is 15.9 Å². The van der Waals surface area contributed by atoms with E-state index in [-0.39, 0.29) is 23.9 Å². The lowest BCUT2D eigenvalue weighted by Gasteiger charge is -2.28. The van der Waals surface area contributed by atoms with Gasteiger partial charge < -0.3 is 4.90 Å². The van der Waals surface area contributed by atoms with Gasteiger partial charge in [-0.25, -0.2) is 8.42 Å². The van der Waals surface area contributed by atoms with Gasteiger partial charge in [-0.2, -0.15) is 4.31 Å². The Morgan fingerprint density at radius 2 is 1.03 bits per heavy atom. The van der Waals surface area contributed by atoms with Crippen LogP contribution in [0, 0.1) is 13.8 Å². The fraction of sp³-hybridized carbons (Fsp3) is 0.194. The van der Waals surface area contributed by atoms with Crippen LogP contribution in [-0.2, 0) is 34.5 Å². The van der Waals surface area contributed by atoms with E-state index >= 15 is 0 Å². The van der Waals surface area contributed by atoms with Gasteiger partial charge in [-0.05, 0) is 42.7 Å². The van der Waals surface area contributed by atoms with Crippen LogP contribution in [0.4, 0.5) is 0 Å². The highest BCUT2D eigenvalue weighted by Crippen LogP contribution is 2.21. The van der Waals surface area contributed by atoms with Crippen LogP contribution < -0.4 is 0 Å². The van der Waals surface area contributed by atoms with E-state index in [0.717, 1.165) is 27.8 Å². The second-order valence-corrected chi connectivity index (χ2v) is 11.2. The molecule has 190 valence electrons. The summed E-state index contributed by atoms with van der Waals surface area (Å²) in [5.41, 5.74) is 4.85. The van der Waals surface area contributed by atoms with E-state index in [2.05, 4.69) is 0 Å². The summed E-state index contributed by atoms with van der Waals surface area (Å²) < 4.78 is 28.8. The molecule has 0 saturated heterocycles. The Morgan fingerprint density at radius 1 is 0.595 bits per heavy atom. The monoisotopic (exact) mass is 512 g/mol. The van der Waals surface area contributed by atoms with Crippen LogP contribution in [0.2, 0.25) is 0 Å². The lowest BCUT2D eigenvalue weighted by atomic mass is 10.1. The average Bonchev–Trinajstić information content (AvgIpc) is 2.90. The van der Waals surface area contributed by atoms with Gasteiger partial charge in [0.05, 0.1) is 11.4 Å². The number of rotatable bonds is 10. The van der Waals surface area contributed by atoms with Crippen molar-refractivity contribution in [3.8, 4) is 0 Å². The van der Waals surface area contributed by atoms with Crippen molar-refractivity contribution in [1.82, 2.24) is 9.21 Å². The molecule has 0 saturated carbocycles. The fourth-order valence-corrected chi connectivity index (χ4v) is 5.45. The third-order valence-electron chi connectivity index (χ3n) is 6.24. The number of amides is 1. The minimum Gasteiger partial charge on any atom is -0.333 e. The number of carbonyl (C=O) groups is 1. The molecular weight excluding hydrogens is 480 g/mol. The highest BCUT2D eigenvalue weighted by atomic mass is 32.2. The first kappa shape index (κ1) is 26.3. The van der Waals surface area contributed by atoms with E-state index < -0.39 is 10.0 Å². The van der Waals surface area contributed by atoms with Gasteiger partial charge in [-0.1, -0.05) is 108 Å². The first-order valence-corrected chi connectivity index (χ1v) is 13.7. The van der Waals surface area contributed by atoms with Crippen molar-refractivity contribution >= 4 is 15.9 Å². The number of hydrogen-bond acceptors (Lipinski definition) is 3. The molecule has 4 rings (SSSR count). The van der Waals surface area contributed by atoms with Crippen LogP contribution >= 0.6 is 0 Å². The minimum absolute atomic E-state index is 0.104. The summed E-state index contributed by atoms with van der Waals surface area (Å²) in [5, 5.41) is 0. The molecule has 0 atom stereocenters. The highest BCUT2D eigenvalue weighted by Gasteiger charge is 2.29. The number of aryl methyl sites for hydroxylation is 2. The molecule has 0 aliphatic carbocycles. The van der Waals surface area contributed by atoms with E-state index in [0.29, 0.717) is 13.1 Å². The summed E-state index contributed by atoms with van der Waals surface area (Å²) in [7, 11) is -3.91. The van der Waals surface area contributed by atoms with E-state index in [1.807, 2.05) is 98.8 Å². The Bertz CT molecular complexity index is 1360. The quantitative estimate of drug-likeness (QED) is 0.273. The molecule has 0 N–H and O–H groups in total. The van der Waals surface area contributed by atoms with Crippen molar-refractivity contribution in [3.63, 3.8) is 0 Å². The maximum Gasteiger partial charge on any atom is 0.243 e. The molecule has 4 aromatic rings. The zero-order valence-electron chi connectivity index (χ0n) is 21.2. The summed E-state index contributed by atoms with van der Waals surface area (Å²) in [5.74, 6) is -0.254. The average molecular weight is 513 g/mol. The molecular formula is C31H32N2O3S. The molecule has 0 heterocycles. The summed E-state index contributed by atoms with van der Waals surface area (Å²) in [6.07, 6.45) is 0. The van der Waals surface area contributed by atoms with E-state index in [1.54, 1.807) is 29.2 Å². The molecule has 0 aliphatic rings. The minimum atomic E-state index is -3.91. The van der Waals surface area contributed by atoms with Crippen LogP contribution in [0.15, 0.2) is 114 Å². The van der Waals surface area contributed by atoms with Gasteiger partial charge in [0.25, 0.3) is 0 Å².